The minimum absolute atomic E-state index is 0.397. The van der Waals surface area contributed by atoms with Gasteiger partial charge in [-0.3, -0.25) is 0 Å². The average molecular weight is 158 g/mol. The van der Waals surface area contributed by atoms with Crippen LogP contribution in [0.15, 0.2) is 19.0 Å². The molecule has 1 aromatic rings. The molecule has 0 amide bonds. The monoisotopic (exact) mass is 157 g/mol. The molecule has 3 nitrogen and oxygen atoms in total. The van der Waals surface area contributed by atoms with Crippen LogP contribution >= 0.6 is 11.6 Å². The van der Waals surface area contributed by atoms with Gasteiger partial charge in [0.05, 0.1) is 12.4 Å². The van der Waals surface area contributed by atoms with E-state index in [1.165, 1.54) is 6.33 Å². The van der Waals surface area contributed by atoms with Crippen LogP contribution in [0.25, 0.3) is 0 Å². The summed E-state index contributed by atoms with van der Waals surface area (Å²) in [6.07, 6.45) is 3.24. The van der Waals surface area contributed by atoms with Gasteiger partial charge in [-0.05, 0) is 0 Å². The van der Waals surface area contributed by atoms with E-state index in [1.807, 2.05) is 0 Å². The molecule has 0 fully saturated rings. The van der Waals surface area contributed by atoms with Crippen molar-refractivity contribution >= 4 is 11.6 Å². The summed E-state index contributed by atoms with van der Waals surface area (Å²) in [5.74, 6) is 1.18. The van der Waals surface area contributed by atoms with Gasteiger partial charge in [0.15, 0.2) is 0 Å². The highest BCUT2D eigenvalue weighted by molar-refractivity contribution is 6.16. The van der Waals surface area contributed by atoms with Crippen molar-refractivity contribution in [2.45, 2.75) is 12.4 Å². The molecule has 0 spiro atoms. The Bertz CT molecular complexity index is 219. The third-order valence-electron chi connectivity index (χ3n) is 1.12. The molecule has 0 aromatic carbocycles. The third-order valence-corrected chi connectivity index (χ3v) is 1.36. The molecular weight excluding hydrogens is 150 g/mol. The third kappa shape index (κ3) is 1.36. The SMILES string of the molecule is C=CCn1ncnc1CCl. The number of nitrogens with zero attached hydrogens (tertiary/aromatic N) is 3. The molecule has 0 aliphatic heterocycles. The quantitative estimate of drug-likeness (QED) is 0.488. The molecule has 4 heteroatoms. The lowest BCUT2D eigenvalue weighted by atomic mass is 10.6. The molecule has 0 saturated carbocycles. The Balaban J connectivity index is 2.79. The number of rotatable bonds is 3. The van der Waals surface area contributed by atoms with Gasteiger partial charge in [0, 0.05) is 0 Å². The zero-order valence-electron chi connectivity index (χ0n) is 5.50. The lowest BCUT2D eigenvalue weighted by Gasteiger charge is -1.96. The molecular formula is C6H8ClN3. The fourth-order valence-corrected chi connectivity index (χ4v) is 0.873. The predicted octanol–water partition coefficient (Wildman–Crippen LogP) is 1.20. The van der Waals surface area contributed by atoms with Crippen LogP contribution in [0.1, 0.15) is 5.82 Å². The number of hydrogen-bond acceptors (Lipinski definition) is 2. The van der Waals surface area contributed by atoms with Gasteiger partial charge >= 0.3 is 0 Å². The van der Waals surface area contributed by atoms with Crippen molar-refractivity contribution in [3.05, 3.63) is 24.8 Å². The Labute approximate surface area is 64.3 Å². The Morgan fingerprint density at radius 1 is 1.80 bits per heavy atom. The highest BCUT2D eigenvalue weighted by Gasteiger charge is 1.98. The zero-order chi connectivity index (χ0) is 7.40. The highest BCUT2D eigenvalue weighted by atomic mass is 35.5. The number of allylic oxidation sites excluding steroid dienone is 1. The fraction of sp³-hybridized carbons (Fsp3) is 0.333. The average Bonchev–Trinajstić information content (AvgIpc) is 2.36. The molecule has 0 saturated heterocycles. The normalized spacial score (nSPS) is 9.70. The van der Waals surface area contributed by atoms with Crippen LogP contribution in [0.2, 0.25) is 0 Å². The van der Waals surface area contributed by atoms with E-state index in [2.05, 4.69) is 16.7 Å². The molecule has 0 N–H and O–H groups in total. The van der Waals surface area contributed by atoms with Crippen molar-refractivity contribution in [1.29, 1.82) is 0 Å². The first-order valence-corrected chi connectivity index (χ1v) is 3.45. The van der Waals surface area contributed by atoms with Crippen LogP contribution in [-0.2, 0) is 12.4 Å². The fourth-order valence-electron chi connectivity index (χ4n) is 0.666. The maximum atomic E-state index is 5.55. The van der Waals surface area contributed by atoms with E-state index in [0.29, 0.717) is 12.4 Å². The standard InChI is InChI=1S/C6H8ClN3/c1-2-3-10-6(4-7)8-5-9-10/h2,5H,1,3-4H2. The maximum absolute atomic E-state index is 5.55. The zero-order valence-corrected chi connectivity index (χ0v) is 6.25. The van der Waals surface area contributed by atoms with Crippen molar-refractivity contribution in [3.63, 3.8) is 0 Å². The lowest BCUT2D eigenvalue weighted by Crippen LogP contribution is -2.01. The summed E-state index contributed by atoms with van der Waals surface area (Å²) in [6.45, 7) is 4.25. The molecule has 0 bridgehead atoms. The molecule has 0 unspecified atom stereocenters. The molecule has 10 heavy (non-hydrogen) atoms. The topological polar surface area (TPSA) is 30.7 Å². The summed E-state index contributed by atoms with van der Waals surface area (Å²) >= 11 is 5.55. The first-order valence-electron chi connectivity index (χ1n) is 2.92. The summed E-state index contributed by atoms with van der Waals surface area (Å²) in [7, 11) is 0. The van der Waals surface area contributed by atoms with Crippen LogP contribution in [0.4, 0.5) is 0 Å². The number of halogens is 1. The van der Waals surface area contributed by atoms with Crippen molar-refractivity contribution < 1.29 is 0 Å². The summed E-state index contributed by atoms with van der Waals surface area (Å²) in [5.41, 5.74) is 0. The van der Waals surface area contributed by atoms with Gasteiger partial charge in [0.1, 0.15) is 12.2 Å². The van der Waals surface area contributed by atoms with Gasteiger partial charge in [0.2, 0.25) is 0 Å². The van der Waals surface area contributed by atoms with Gasteiger partial charge in [-0.1, -0.05) is 6.08 Å². The Hall–Kier alpha value is -0.830. The number of aromatic nitrogens is 3. The molecule has 0 aliphatic carbocycles. The van der Waals surface area contributed by atoms with E-state index in [0.717, 1.165) is 5.82 Å². The summed E-state index contributed by atoms with van der Waals surface area (Å²) < 4.78 is 1.71. The van der Waals surface area contributed by atoms with E-state index >= 15 is 0 Å². The largest absolute Gasteiger partial charge is 0.245 e. The minimum Gasteiger partial charge on any atom is -0.245 e. The van der Waals surface area contributed by atoms with E-state index in [-0.39, 0.29) is 0 Å². The van der Waals surface area contributed by atoms with Crippen LogP contribution in [0.5, 0.6) is 0 Å². The van der Waals surface area contributed by atoms with Gasteiger partial charge < -0.3 is 0 Å². The van der Waals surface area contributed by atoms with Crippen LogP contribution in [0.3, 0.4) is 0 Å². The van der Waals surface area contributed by atoms with Gasteiger partial charge in [-0.25, -0.2) is 9.67 Å². The van der Waals surface area contributed by atoms with Crippen molar-refractivity contribution in [3.8, 4) is 0 Å². The predicted molar refractivity (Wildman–Crippen MR) is 39.8 cm³/mol. The van der Waals surface area contributed by atoms with E-state index in [4.69, 9.17) is 11.6 Å². The van der Waals surface area contributed by atoms with Gasteiger partial charge in [-0.2, -0.15) is 5.10 Å². The Morgan fingerprint density at radius 3 is 3.20 bits per heavy atom. The molecule has 0 radical (unpaired) electrons. The second-order valence-electron chi connectivity index (χ2n) is 1.78. The molecule has 1 rings (SSSR count). The second kappa shape index (κ2) is 3.37. The highest BCUT2D eigenvalue weighted by Crippen LogP contribution is 1.97. The first kappa shape index (κ1) is 7.28. The Kier molecular flexibility index (Phi) is 2.45. The molecule has 1 heterocycles. The maximum Gasteiger partial charge on any atom is 0.142 e. The van der Waals surface area contributed by atoms with Crippen molar-refractivity contribution in [2.24, 2.45) is 0 Å². The van der Waals surface area contributed by atoms with Gasteiger partial charge in [-0.15, -0.1) is 18.2 Å². The molecule has 0 aliphatic rings. The smallest absolute Gasteiger partial charge is 0.142 e. The molecule has 54 valence electrons. The number of hydrogen-bond donors (Lipinski definition) is 0. The lowest BCUT2D eigenvalue weighted by molar-refractivity contribution is 0.670. The van der Waals surface area contributed by atoms with Crippen molar-refractivity contribution in [1.82, 2.24) is 14.8 Å². The summed E-state index contributed by atoms with van der Waals surface area (Å²) in [6, 6.07) is 0. The molecule has 1 aromatic heterocycles. The minimum atomic E-state index is 0.397. The van der Waals surface area contributed by atoms with Crippen molar-refractivity contribution in [2.75, 3.05) is 0 Å². The molecule has 0 atom stereocenters. The second-order valence-corrected chi connectivity index (χ2v) is 2.05. The van der Waals surface area contributed by atoms with Crippen LogP contribution in [0, 0.1) is 0 Å². The number of alkyl halides is 1. The van der Waals surface area contributed by atoms with Crippen LogP contribution in [-0.4, -0.2) is 14.8 Å². The van der Waals surface area contributed by atoms with Gasteiger partial charge in [0.25, 0.3) is 0 Å². The Morgan fingerprint density at radius 2 is 2.60 bits per heavy atom. The van der Waals surface area contributed by atoms with E-state index < -0.39 is 0 Å². The summed E-state index contributed by atoms with van der Waals surface area (Å²) in [4.78, 5) is 3.93. The first-order chi connectivity index (χ1) is 4.88. The van der Waals surface area contributed by atoms with Crippen LogP contribution < -0.4 is 0 Å². The summed E-state index contributed by atoms with van der Waals surface area (Å²) in [5, 5.41) is 3.93. The van der Waals surface area contributed by atoms with E-state index in [1.54, 1.807) is 10.8 Å². The van der Waals surface area contributed by atoms with E-state index in [9.17, 15) is 0 Å².